The molecule has 0 amide bonds. The molecule has 0 unspecified atom stereocenters. The number of nitrogens with one attached hydrogen (secondary N) is 1. The van der Waals surface area contributed by atoms with Crippen LogP contribution >= 0.6 is 23.8 Å². The summed E-state index contributed by atoms with van der Waals surface area (Å²) < 4.78 is 1.80. The standard InChI is InChI=1S/C24H21ClN4OS/c1-15-6-5-7-16(2)21(15)26-24(31)28-27-22-19-8-3-4-9-20(19)29(23(22)30)14-17-10-12-18(25)13-11-17/h3-13,30H,14H2,1-2H3,(H,26,31). The van der Waals surface area contributed by atoms with Crippen LogP contribution in [0.1, 0.15) is 16.7 Å². The van der Waals surface area contributed by atoms with Crippen molar-refractivity contribution in [3.63, 3.8) is 0 Å². The summed E-state index contributed by atoms with van der Waals surface area (Å²) in [7, 11) is 0. The number of hydrogen-bond donors (Lipinski definition) is 2. The van der Waals surface area contributed by atoms with Gasteiger partial charge in [-0.05, 0) is 61.0 Å². The van der Waals surface area contributed by atoms with E-state index in [4.69, 9.17) is 23.8 Å². The van der Waals surface area contributed by atoms with Gasteiger partial charge in [-0.2, -0.15) is 0 Å². The third kappa shape index (κ3) is 4.45. The number of halogens is 1. The van der Waals surface area contributed by atoms with Crippen molar-refractivity contribution < 1.29 is 5.11 Å². The molecule has 4 aromatic rings. The van der Waals surface area contributed by atoms with Gasteiger partial charge in [-0.3, -0.25) is 0 Å². The summed E-state index contributed by atoms with van der Waals surface area (Å²) in [4.78, 5) is 0. The van der Waals surface area contributed by atoms with E-state index >= 15 is 0 Å². The average molecular weight is 449 g/mol. The van der Waals surface area contributed by atoms with Gasteiger partial charge in [-0.25, -0.2) is 0 Å². The first-order chi connectivity index (χ1) is 14.9. The quantitative estimate of drug-likeness (QED) is 0.257. The van der Waals surface area contributed by atoms with Gasteiger partial charge in [0.15, 0.2) is 5.69 Å². The summed E-state index contributed by atoms with van der Waals surface area (Å²) in [6, 6.07) is 21.2. The van der Waals surface area contributed by atoms with Crippen molar-refractivity contribution in [1.82, 2.24) is 4.57 Å². The van der Waals surface area contributed by atoms with Crippen molar-refractivity contribution in [1.29, 1.82) is 0 Å². The lowest BCUT2D eigenvalue weighted by Gasteiger charge is -2.10. The van der Waals surface area contributed by atoms with Crippen molar-refractivity contribution in [2.24, 2.45) is 10.2 Å². The minimum atomic E-state index is 0.0368. The van der Waals surface area contributed by atoms with Crippen LogP contribution in [-0.4, -0.2) is 14.8 Å². The number of thiocarbonyl (C=S) groups is 1. The van der Waals surface area contributed by atoms with Gasteiger partial charge in [0, 0.05) is 16.1 Å². The monoisotopic (exact) mass is 448 g/mol. The second-order valence-electron chi connectivity index (χ2n) is 7.30. The third-order valence-electron chi connectivity index (χ3n) is 5.13. The highest BCUT2D eigenvalue weighted by Crippen LogP contribution is 2.39. The van der Waals surface area contributed by atoms with E-state index < -0.39 is 0 Å². The zero-order valence-corrected chi connectivity index (χ0v) is 18.7. The number of azo groups is 1. The summed E-state index contributed by atoms with van der Waals surface area (Å²) in [6.07, 6.45) is 0. The third-order valence-corrected chi connectivity index (χ3v) is 5.56. The zero-order chi connectivity index (χ0) is 22.0. The van der Waals surface area contributed by atoms with Crippen molar-refractivity contribution in [3.8, 4) is 5.88 Å². The van der Waals surface area contributed by atoms with Crippen molar-refractivity contribution in [2.75, 3.05) is 5.32 Å². The molecule has 0 aliphatic heterocycles. The van der Waals surface area contributed by atoms with E-state index in [1.165, 1.54) is 0 Å². The Morgan fingerprint density at radius 2 is 1.68 bits per heavy atom. The Kier molecular flexibility index (Phi) is 6.02. The average Bonchev–Trinajstić information content (AvgIpc) is 3.02. The second-order valence-corrected chi connectivity index (χ2v) is 8.12. The lowest BCUT2D eigenvalue weighted by Crippen LogP contribution is -2.07. The summed E-state index contributed by atoms with van der Waals surface area (Å²) in [6.45, 7) is 4.49. The van der Waals surface area contributed by atoms with E-state index in [1.54, 1.807) is 4.57 Å². The first-order valence-corrected chi connectivity index (χ1v) is 10.6. The van der Waals surface area contributed by atoms with E-state index in [-0.39, 0.29) is 11.0 Å². The van der Waals surface area contributed by atoms with E-state index in [9.17, 15) is 5.11 Å². The first kappa shape index (κ1) is 21.0. The number of nitrogens with zero attached hydrogens (tertiary/aromatic N) is 3. The van der Waals surface area contributed by atoms with Gasteiger partial charge < -0.3 is 15.0 Å². The highest BCUT2D eigenvalue weighted by Gasteiger charge is 2.17. The lowest BCUT2D eigenvalue weighted by atomic mass is 10.1. The molecule has 0 fully saturated rings. The highest BCUT2D eigenvalue weighted by atomic mass is 35.5. The van der Waals surface area contributed by atoms with E-state index in [0.717, 1.165) is 33.3 Å². The topological polar surface area (TPSA) is 61.9 Å². The van der Waals surface area contributed by atoms with Gasteiger partial charge in [-0.1, -0.05) is 60.1 Å². The smallest absolute Gasteiger partial charge is 0.221 e. The van der Waals surface area contributed by atoms with Gasteiger partial charge >= 0.3 is 0 Å². The maximum absolute atomic E-state index is 10.9. The molecule has 1 aromatic heterocycles. The molecule has 5 nitrogen and oxygen atoms in total. The Labute approximate surface area is 191 Å². The number of anilines is 1. The number of benzene rings is 3. The fraction of sp³-hybridized carbons (Fsp3) is 0.125. The molecule has 4 rings (SSSR count). The molecule has 0 spiro atoms. The summed E-state index contributed by atoms with van der Waals surface area (Å²) in [5.41, 5.74) is 5.31. The molecule has 0 aliphatic carbocycles. The van der Waals surface area contributed by atoms with E-state index in [1.807, 2.05) is 80.6 Å². The number of aromatic nitrogens is 1. The Morgan fingerprint density at radius 3 is 2.39 bits per heavy atom. The maximum Gasteiger partial charge on any atom is 0.221 e. The Bertz CT molecular complexity index is 1270. The largest absolute Gasteiger partial charge is 0.493 e. The fourth-order valence-electron chi connectivity index (χ4n) is 3.54. The molecule has 1 heterocycles. The Hall–Kier alpha value is -3.22. The number of fused-ring (bicyclic) bond motifs is 1. The summed E-state index contributed by atoms with van der Waals surface area (Å²) in [5, 5.41) is 24.2. The van der Waals surface area contributed by atoms with Crippen LogP contribution in [0.3, 0.4) is 0 Å². The first-order valence-electron chi connectivity index (χ1n) is 9.77. The number of aryl methyl sites for hydroxylation is 2. The van der Waals surface area contributed by atoms with Gasteiger partial charge in [0.05, 0.1) is 12.1 Å². The molecule has 0 aliphatic rings. The SMILES string of the molecule is Cc1cccc(C)c1NC(=S)N=Nc1c(O)n(Cc2ccc(Cl)cc2)c2ccccc12. The number of para-hydroxylation sites is 2. The van der Waals surface area contributed by atoms with Crippen LogP contribution in [0, 0.1) is 13.8 Å². The molecule has 2 N–H and O–H groups in total. The normalized spacial score (nSPS) is 11.3. The maximum atomic E-state index is 10.9. The molecule has 31 heavy (non-hydrogen) atoms. The zero-order valence-electron chi connectivity index (χ0n) is 17.1. The Balaban J connectivity index is 1.65. The van der Waals surface area contributed by atoms with Crippen molar-refractivity contribution in [3.05, 3.63) is 88.4 Å². The minimum Gasteiger partial charge on any atom is -0.493 e. The molecule has 7 heteroatoms. The van der Waals surface area contributed by atoms with Crippen molar-refractivity contribution in [2.45, 2.75) is 20.4 Å². The van der Waals surface area contributed by atoms with Crippen molar-refractivity contribution >= 4 is 51.2 Å². The molecule has 0 atom stereocenters. The van der Waals surface area contributed by atoms with Crippen LogP contribution in [0.5, 0.6) is 5.88 Å². The second kappa shape index (κ2) is 8.88. The molecule has 0 saturated carbocycles. The minimum absolute atomic E-state index is 0.0368. The van der Waals surface area contributed by atoms with Gasteiger partial charge in [-0.15, -0.1) is 10.2 Å². The van der Waals surface area contributed by atoms with Crippen LogP contribution in [-0.2, 0) is 6.54 Å². The van der Waals surface area contributed by atoms with Crippen LogP contribution < -0.4 is 5.32 Å². The Morgan fingerprint density at radius 1 is 1.00 bits per heavy atom. The molecular formula is C24H21ClN4OS. The molecular weight excluding hydrogens is 428 g/mol. The van der Waals surface area contributed by atoms with Gasteiger partial charge in [0.1, 0.15) is 0 Å². The fourth-order valence-corrected chi connectivity index (χ4v) is 3.81. The van der Waals surface area contributed by atoms with E-state index in [0.29, 0.717) is 17.3 Å². The molecule has 0 radical (unpaired) electrons. The van der Waals surface area contributed by atoms with Crippen LogP contribution in [0.2, 0.25) is 5.02 Å². The van der Waals surface area contributed by atoms with Crippen LogP contribution in [0.4, 0.5) is 11.4 Å². The molecule has 156 valence electrons. The number of hydrogen-bond acceptors (Lipinski definition) is 3. The predicted molar refractivity (Wildman–Crippen MR) is 131 cm³/mol. The predicted octanol–water partition coefficient (Wildman–Crippen LogP) is 7.15. The van der Waals surface area contributed by atoms with Gasteiger partial charge in [0.2, 0.25) is 11.0 Å². The van der Waals surface area contributed by atoms with Crippen LogP contribution in [0.15, 0.2) is 77.0 Å². The van der Waals surface area contributed by atoms with E-state index in [2.05, 4.69) is 15.5 Å². The van der Waals surface area contributed by atoms with Gasteiger partial charge in [0.25, 0.3) is 0 Å². The molecule has 3 aromatic carbocycles. The number of rotatable bonds is 4. The highest BCUT2D eigenvalue weighted by molar-refractivity contribution is 7.80. The number of aromatic hydroxyl groups is 1. The summed E-state index contributed by atoms with van der Waals surface area (Å²) in [5.74, 6) is 0.0368. The molecule has 0 saturated heterocycles. The molecule has 0 bridgehead atoms. The van der Waals surface area contributed by atoms with Crippen LogP contribution in [0.25, 0.3) is 10.9 Å². The summed E-state index contributed by atoms with van der Waals surface area (Å²) >= 11 is 11.4. The lowest BCUT2D eigenvalue weighted by molar-refractivity contribution is 0.429.